The second-order valence-corrected chi connectivity index (χ2v) is 7.12. The molecule has 1 aliphatic heterocycles. The maximum Gasteiger partial charge on any atom is 0.260 e. The van der Waals surface area contributed by atoms with Crippen LogP contribution in [0.2, 0.25) is 0 Å². The maximum atomic E-state index is 12.3. The molecule has 1 N–H and O–H groups in total. The smallest absolute Gasteiger partial charge is 0.260 e. The molecular formula is C20H30N2O3. The first-order valence-corrected chi connectivity index (χ1v) is 9.61. The Morgan fingerprint density at radius 1 is 1.08 bits per heavy atom. The van der Waals surface area contributed by atoms with Gasteiger partial charge in [0.05, 0.1) is 6.61 Å². The highest BCUT2D eigenvalue weighted by Crippen LogP contribution is 2.28. The third-order valence-electron chi connectivity index (χ3n) is 4.90. The Hall–Kier alpha value is -1.75. The summed E-state index contributed by atoms with van der Waals surface area (Å²) in [6.45, 7) is 5.71. The predicted octanol–water partition coefficient (Wildman–Crippen LogP) is 2.84. The molecule has 1 aromatic carbocycles. The molecule has 1 aromatic rings. The van der Waals surface area contributed by atoms with Crippen molar-refractivity contribution in [3.8, 4) is 11.5 Å². The van der Waals surface area contributed by atoms with Crippen LogP contribution >= 0.6 is 0 Å². The molecule has 1 aliphatic carbocycles. The highest BCUT2D eigenvalue weighted by atomic mass is 16.5. The lowest BCUT2D eigenvalue weighted by molar-refractivity contribution is -0.134. The molecular weight excluding hydrogens is 316 g/mol. The molecule has 1 saturated heterocycles. The van der Waals surface area contributed by atoms with Crippen LogP contribution in [0.25, 0.3) is 0 Å². The highest BCUT2D eigenvalue weighted by molar-refractivity contribution is 5.77. The minimum Gasteiger partial charge on any atom is -0.494 e. The molecule has 5 nitrogen and oxygen atoms in total. The second kappa shape index (κ2) is 9.09. The molecule has 5 heteroatoms. The molecule has 25 heavy (non-hydrogen) atoms. The highest BCUT2D eigenvalue weighted by Gasteiger charge is 2.26. The number of hydrogen-bond donors (Lipinski definition) is 1. The van der Waals surface area contributed by atoms with E-state index in [0.29, 0.717) is 18.4 Å². The van der Waals surface area contributed by atoms with E-state index in [2.05, 4.69) is 12.2 Å². The zero-order valence-electron chi connectivity index (χ0n) is 15.2. The van der Waals surface area contributed by atoms with Crippen molar-refractivity contribution in [2.24, 2.45) is 5.92 Å². The lowest BCUT2D eigenvalue weighted by atomic mass is 10.0. The van der Waals surface area contributed by atoms with Crippen LogP contribution < -0.4 is 14.8 Å². The van der Waals surface area contributed by atoms with Gasteiger partial charge in [0.25, 0.3) is 5.91 Å². The fraction of sp³-hybridized carbons (Fsp3) is 0.650. The normalized spacial score (nSPS) is 18.2. The van der Waals surface area contributed by atoms with Crippen molar-refractivity contribution in [3.05, 3.63) is 24.3 Å². The van der Waals surface area contributed by atoms with Gasteiger partial charge in [-0.15, -0.1) is 0 Å². The maximum absolute atomic E-state index is 12.3. The molecule has 138 valence electrons. The van der Waals surface area contributed by atoms with Crippen molar-refractivity contribution >= 4 is 5.91 Å². The number of hydrogen-bond acceptors (Lipinski definition) is 4. The molecule has 1 heterocycles. The Morgan fingerprint density at radius 3 is 2.32 bits per heavy atom. The molecule has 1 saturated carbocycles. The summed E-state index contributed by atoms with van der Waals surface area (Å²) in [4.78, 5) is 14.2. The summed E-state index contributed by atoms with van der Waals surface area (Å²) >= 11 is 0. The molecule has 0 spiro atoms. The van der Waals surface area contributed by atoms with E-state index >= 15 is 0 Å². The van der Waals surface area contributed by atoms with Crippen LogP contribution in [-0.4, -0.2) is 49.7 Å². The Kier molecular flexibility index (Phi) is 6.56. The SMILES string of the molecule is CCCOc1ccc(OCC(=O)N2CCC(NCC3CC3)CC2)cc1. The van der Waals surface area contributed by atoms with Crippen LogP contribution in [0.5, 0.6) is 11.5 Å². The quantitative estimate of drug-likeness (QED) is 0.747. The lowest BCUT2D eigenvalue weighted by Gasteiger charge is -2.32. The van der Waals surface area contributed by atoms with Gasteiger partial charge in [0, 0.05) is 19.1 Å². The average molecular weight is 346 g/mol. The Morgan fingerprint density at radius 2 is 1.72 bits per heavy atom. The number of carbonyl (C=O) groups excluding carboxylic acids is 1. The molecule has 1 amide bonds. The summed E-state index contributed by atoms with van der Waals surface area (Å²) < 4.78 is 11.2. The van der Waals surface area contributed by atoms with Crippen LogP contribution in [0, 0.1) is 5.92 Å². The molecule has 3 rings (SSSR count). The monoisotopic (exact) mass is 346 g/mol. The first-order valence-electron chi connectivity index (χ1n) is 9.61. The molecule has 2 aliphatic rings. The Bertz CT molecular complexity index is 534. The summed E-state index contributed by atoms with van der Waals surface area (Å²) in [6, 6.07) is 8.04. The summed E-state index contributed by atoms with van der Waals surface area (Å²) in [5.41, 5.74) is 0. The summed E-state index contributed by atoms with van der Waals surface area (Å²) in [5.74, 6) is 2.53. The van der Waals surface area contributed by atoms with Crippen LogP contribution in [0.15, 0.2) is 24.3 Å². The molecule has 0 atom stereocenters. The van der Waals surface area contributed by atoms with Crippen molar-refractivity contribution in [3.63, 3.8) is 0 Å². The average Bonchev–Trinajstić information content (AvgIpc) is 3.48. The Balaban J connectivity index is 1.34. The van der Waals surface area contributed by atoms with Crippen LogP contribution in [0.1, 0.15) is 39.0 Å². The van der Waals surface area contributed by atoms with Gasteiger partial charge in [-0.25, -0.2) is 0 Å². The predicted molar refractivity (Wildman–Crippen MR) is 98.1 cm³/mol. The van der Waals surface area contributed by atoms with E-state index in [0.717, 1.165) is 50.6 Å². The van der Waals surface area contributed by atoms with Gasteiger partial charge in [-0.05, 0) is 68.8 Å². The van der Waals surface area contributed by atoms with E-state index in [9.17, 15) is 4.79 Å². The summed E-state index contributed by atoms with van der Waals surface area (Å²) in [5, 5.41) is 3.64. The topological polar surface area (TPSA) is 50.8 Å². The molecule has 0 radical (unpaired) electrons. The van der Waals surface area contributed by atoms with E-state index in [1.54, 1.807) is 0 Å². The van der Waals surface area contributed by atoms with Crippen LogP contribution in [0.3, 0.4) is 0 Å². The number of nitrogens with zero attached hydrogens (tertiary/aromatic N) is 1. The fourth-order valence-corrected chi connectivity index (χ4v) is 3.08. The van der Waals surface area contributed by atoms with E-state index < -0.39 is 0 Å². The number of likely N-dealkylation sites (tertiary alicyclic amines) is 1. The zero-order valence-corrected chi connectivity index (χ0v) is 15.2. The van der Waals surface area contributed by atoms with Gasteiger partial charge in [-0.2, -0.15) is 0 Å². The molecule has 0 unspecified atom stereocenters. The van der Waals surface area contributed by atoms with E-state index in [4.69, 9.17) is 9.47 Å². The third kappa shape index (κ3) is 5.92. The van der Waals surface area contributed by atoms with Gasteiger partial charge in [0.2, 0.25) is 0 Å². The lowest BCUT2D eigenvalue weighted by Crippen LogP contribution is -2.46. The molecule has 2 fully saturated rings. The minimum absolute atomic E-state index is 0.0759. The van der Waals surface area contributed by atoms with Crippen molar-refractivity contribution in [1.82, 2.24) is 10.2 Å². The van der Waals surface area contributed by atoms with Crippen molar-refractivity contribution in [2.45, 2.75) is 45.1 Å². The number of carbonyl (C=O) groups is 1. The number of nitrogens with one attached hydrogen (secondary N) is 1. The zero-order chi connectivity index (χ0) is 17.5. The van der Waals surface area contributed by atoms with Gasteiger partial charge in [0.1, 0.15) is 11.5 Å². The number of benzene rings is 1. The number of rotatable bonds is 9. The Labute approximate surface area is 150 Å². The standard InChI is InChI=1S/C20H30N2O3/c1-2-13-24-18-5-7-19(8-6-18)25-15-20(23)22-11-9-17(10-12-22)21-14-16-3-4-16/h5-8,16-17,21H,2-4,9-15H2,1H3. The summed E-state index contributed by atoms with van der Waals surface area (Å²) in [6.07, 6.45) is 5.84. The van der Waals surface area contributed by atoms with E-state index in [1.165, 1.54) is 12.8 Å². The van der Waals surface area contributed by atoms with Gasteiger partial charge in [0.15, 0.2) is 6.61 Å². The van der Waals surface area contributed by atoms with E-state index in [-0.39, 0.29) is 12.5 Å². The fourth-order valence-electron chi connectivity index (χ4n) is 3.08. The molecule has 0 aromatic heterocycles. The largest absolute Gasteiger partial charge is 0.494 e. The van der Waals surface area contributed by atoms with Crippen LogP contribution in [-0.2, 0) is 4.79 Å². The van der Waals surface area contributed by atoms with Gasteiger partial charge < -0.3 is 19.7 Å². The van der Waals surface area contributed by atoms with E-state index in [1.807, 2.05) is 29.2 Å². The molecule has 0 bridgehead atoms. The first kappa shape index (κ1) is 18.1. The van der Waals surface area contributed by atoms with Gasteiger partial charge in [-0.1, -0.05) is 6.92 Å². The van der Waals surface area contributed by atoms with Gasteiger partial charge >= 0.3 is 0 Å². The number of amides is 1. The van der Waals surface area contributed by atoms with Crippen LogP contribution in [0.4, 0.5) is 0 Å². The third-order valence-corrected chi connectivity index (χ3v) is 4.90. The van der Waals surface area contributed by atoms with Gasteiger partial charge in [-0.3, -0.25) is 4.79 Å². The number of piperidine rings is 1. The first-order chi connectivity index (χ1) is 12.2. The summed E-state index contributed by atoms with van der Waals surface area (Å²) in [7, 11) is 0. The number of ether oxygens (including phenoxy) is 2. The van der Waals surface area contributed by atoms with Crippen molar-refractivity contribution in [1.29, 1.82) is 0 Å². The second-order valence-electron chi connectivity index (χ2n) is 7.12. The minimum atomic E-state index is 0.0759. The van der Waals surface area contributed by atoms with Crippen molar-refractivity contribution < 1.29 is 14.3 Å². The van der Waals surface area contributed by atoms with Crippen molar-refractivity contribution in [2.75, 3.05) is 32.8 Å².